The lowest BCUT2D eigenvalue weighted by atomic mass is 9.87. The van der Waals surface area contributed by atoms with Crippen molar-refractivity contribution in [2.24, 2.45) is 0 Å². The lowest BCUT2D eigenvalue weighted by Crippen LogP contribution is -2.09. The Hall–Kier alpha value is -3.87. The molecule has 0 aromatic heterocycles. The molecule has 0 heterocycles. The third-order valence-corrected chi connectivity index (χ3v) is 5.91. The molecule has 170 valence electrons. The molecular formula is C27H14F6O. The second-order valence-electron chi connectivity index (χ2n) is 8.00. The third-order valence-electron chi connectivity index (χ3n) is 5.91. The minimum absolute atomic E-state index is 0.291. The molecule has 2 aliphatic rings. The number of rotatable bonds is 2. The van der Waals surface area contributed by atoms with Crippen molar-refractivity contribution in [3.63, 3.8) is 0 Å². The van der Waals surface area contributed by atoms with Crippen LogP contribution >= 0.6 is 0 Å². The number of hydrogen-bond donors (Lipinski definition) is 0. The molecule has 3 aromatic carbocycles. The fourth-order valence-corrected chi connectivity index (χ4v) is 4.16. The average molecular weight is 468 g/mol. The number of Topliss-reactive ketones (excluding diaryl/α,β-unsaturated/α-hetero) is 1. The molecule has 3 aromatic rings. The number of hydrogen-bond acceptors (Lipinski definition) is 1. The van der Waals surface area contributed by atoms with Crippen LogP contribution < -0.4 is 0 Å². The molecular weight excluding hydrogens is 454 g/mol. The van der Waals surface area contributed by atoms with Crippen LogP contribution in [0.4, 0.5) is 26.3 Å². The van der Waals surface area contributed by atoms with Gasteiger partial charge >= 0.3 is 12.4 Å². The summed E-state index contributed by atoms with van der Waals surface area (Å²) in [5, 5.41) is 0. The van der Waals surface area contributed by atoms with E-state index in [2.05, 4.69) is 0 Å². The topological polar surface area (TPSA) is 17.1 Å². The summed E-state index contributed by atoms with van der Waals surface area (Å²) in [6.45, 7) is 0. The van der Waals surface area contributed by atoms with Gasteiger partial charge in [0, 0.05) is 11.1 Å². The van der Waals surface area contributed by atoms with Crippen molar-refractivity contribution in [3.05, 3.63) is 112 Å². The summed E-state index contributed by atoms with van der Waals surface area (Å²) < 4.78 is 77.0. The number of ketones is 1. The Balaban J connectivity index is 1.45. The van der Waals surface area contributed by atoms with Crippen molar-refractivity contribution >= 4 is 23.0 Å². The van der Waals surface area contributed by atoms with Crippen molar-refractivity contribution in [1.82, 2.24) is 0 Å². The van der Waals surface area contributed by atoms with Crippen LogP contribution in [0.25, 0.3) is 28.3 Å². The quantitative estimate of drug-likeness (QED) is 0.350. The zero-order valence-corrected chi connectivity index (χ0v) is 17.3. The highest BCUT2D eigenvalue weighted by atomic mass is 19.4. The molecule has 1 nitrogen and oxygen atoms in total. The van der Waals surface area contributed by atoms with Crippen LogP contribution in [-0.2, 0) is 17.1 Å². The Morgan fingerprint density at radius 1 is 0.529 bits per heavy atom. The van der Waals surface area contributed by atoms with Gasteiger partial charge in [-0.2, -0.15) is 26.3 Å². The third kappa shape index (κ3) is 3.77. The van der Waals surface area contributed by atoms with Crippen LogP contribution in [-0.4, -0.2) is 5.78 Å². The van der Waals surface area contributed by atoms with Gasteiger partial charge in [0.1, 0.15) is 0 Å². The standard InChI is InChI=1S/C27H14F6O/c28-26(29,30)19-6-1-15(2-7-19)17-5-10-21-18(13-17)14-24-23(21)12-11-22(25(24)34)16-3-8-20(9-4-16)27(31,32)33/h1-14H. The summed E-state index contributed by atoms with van der Waals surface area (Å²) in [6, 6.07) is 14.7. The summed E-state index contributed by atoms with van der Waals surface area (Å²) in [7, 11) is 0. The Morgan fingerprint density at radius 2 is 1.03 bits per heavy atom. The van der Waals surface area contributed by atoms with Crippen LogP contribution in [0.15, 0.2) is 84.5 Å². The molecule has 0 fully saturated rings. The van der Waals surface area contributed by atoms with E-state index in [0.29, 0.717) is 33.4 Å². The van der Waals surface area contributed by atoms with Gasteiger partial charge in [-0.25, -0.2) is 0 Å². The number of allylic oxidation sites excluding steroid dienone is 5. The molecule has 0 unspecified atom stereocenters. The molecule has 0 spiro atoms. The van der Waals surface area contributed by atoms with Gasteiger partial charge < -0.3 is 0 Å². The van der Waals surface area contributed by atoms with Crippen LogP contribution in [0.2, 0.25) is 0 Å². The lowest BCUT2D eigenvalue weighted by Gasteiger charge is -2.15. The van der Waals surface area contributed by atoms with Gasteiger partial charge in [-0.15, -0.1) is 0 Å². The molecule has 0 aliphatic heterocycles. The fraction of sp³-hybridized carbons (Fsp3) is 0.0741. The second-order valence-corrected chi connectivity index (χ2v) is 8.00. The van der Waals surface area contributed by atoms with E-state index in [1.807, 2.05) is 6.07 Å². The summed E-state index contributed by atoms with van der Waals surface area (Å²) >= 11 is 0. The van der Waals surface area contributed by atoms with E-state index in [-0.39, 0.29) is 5.78 Å². The SMILES string of the molecule is O=C1C2=Cc3cc(-c4ccc(C(F)(F)F)cc4)ccc3C2=CC=C1c1ccc(C(F)(F)F)cc1. The van der Waals surface area contributed by atoms with Gasteiger partial charge in [-0.05, 0) is 75.9 Å². The maximum absolute atomic E-state index is 13.1. The first-order valence-electron chi connectivity index (χ1n) is 10.2. The van der Waals surface area contributed by atoms with Crippen molar-refractivity contribution in [1.29, 1.82) is 0 Å². The van der Waals surface area contributed by atoms with Gasteiger partial charge in [-0.3, -0.25) is 4.79 Å². The van der Waals surface area contributed by atoms with Gasteiger partial charge in [0.25, 0.3) is 0 Å². The zero-order chi connectivity index (χ0) is 24.3. The molecule has 7 heteroatoms. The largest absolute Gasteiger partial charge is 0.416 e. The van der Waals surface area contributed by atoms with Crippen LogP contribution in [0.3, 0.4) is 0 Å². The number of benzene rings is 3. The van der Waals surface area contributed by atoms with Gasteiger partial charge in [0.15, 0.2) is 5.78 Å². The molecule has 0 radical (unpaired) electrons. The molecule has 0 N–H and O–H groups in total. The van der Waals surface area contributed by atoms with Crippen molar-refractivity contribution in [2.45, 2.75) is 12.4 Å². The Morgan fingerprint density at radius 3 is 1.59 bits per heavy atom. The smallest absolute Gasteiger partial charge is 0.289 e. The number of carbonyl (C=O) groups excluding carboxylic acids is 1. The number of halogens is 6. The predicted molar refractivity (Wildman–Crippen MR) is 117 cm³/mol. The summed E-state index contributed by atoms with van der Waals surface area (Å²) in [6.07, 6.45) is -3.83. The van der Waals surface area contributed by atoms with E-state index in [0.717, 1.165) is 35.4 Å². The van der Waals surface area contributed by atoms with E-state index in [1.165, 1.54) is 24.3 Å². The van der Waals surface area contributed by atoms with E-state index in [1.54, 1.807) is 30.4 Å². The minimum Gasteiger partial charge on any atom is -0.289 e. The van der Waals surface area contributed by atoms with Crippen molar-refractivity contribution < 1.29 is 31.1 Å². The number of fused-ring (bicyclic) bond motifs is 3. The Kier molecular flexibility index (Phi) is 4.90. The van der Waals surface area contributed by atoms with Gasteiger partial charge in [-0.1, -0.05) is 42.5 Å². The lowest BCUT2D eigenvalue weighted by molar-refractivity contribution is -0.138. The fourth-order valence-electron chi connectivity index (χ4n) is 4.16. The highest BCUT2D eigenvalue weighted by molar-refractivity contribution is 6.38. The Labute approximate surface area is 190 Å². The minimum atomic E-state index is -4.46. The first-order valence-corrected chi connectivity index (χ1v) is 10.2. The summed E-state index contributed by atoms with van der Waals surface area (Å²) in [5.74, 6) is -0.301. The first-order chi connectivity index (χ1) is 16.0. The Bertz CT molecular complexity index is 1400. The van der Waals surface area contributed by atoms with Crippen LogP contribution in [0.5, 0.6) is 0 Å². The zero-order valence-electron chi connectivity index (χ0n) is 17.3. The highest BCUT2D eigenvalue weighted by Gasteiger charge is 2.32. The molecule has 2 aliphatic carbocycles. The van der Waals surface area contributed by atoms with Crippen molar-refractivity contribution in [3.8, 4) is 11.1 Å². The molecule has 0 amide bonds. The number of carbonyl (C=O) groups is 1. The second kappa shape index (κ2) is 7.58. The molecule has 0 saturated heterocycles. The van der Waals surface area contributed by atoms with Gasteiger partial charge in [0.05, 0.1) is 11.1 Å². The molecule has 0 saturated carbocycles. The molecule has 5 rings (SSSR count). The highest BCUT2D eigenvalue weighted by Crippen LogP contribution is 2.43. The molecule has 34 heavy (non-hydrogen) atoms. The average Bonchev–Trinajstić information content (AvgIpc) is 3.17. The van der Waals surface area contributed by atoms with E-state index in [4.69, 9.17) is 0 Å². The van der Waals surface area contributed by atoms with Crippen LogP contribution in [0.1, 0.15) is 27.8 Å². The first kappa shape index (κ1) is 21.9. The normalized spacial score (nSPS) is 15.4. The van der Waals surface area contributed by atoms with Crippen molar-refractivity contribution in [2.75, 3.05) is 0 Å². The van der Waals surface area contributed by atoms with E-state index in [9.17, 15) is 31.1 Å². The van der Waals surface area contributed by atoms with Crippen LogP contribution in [0, 0.1) is 0 Å². The molecule has 0 bridgehead atoms. The predicted octanol–water partition coefficient (Wildman–Crippen LogP) is 7.84. The molecule has 0 atom stereocenters. The monoisotopic (exact) mass is 468 g/mol. The summed E-state index contributed by atoms with van der Waals surface area (Å²) in [4.78, 5) is 13.1. The maximum atomic E-state index is 13.1. The summed E-state index contributed by atoms with van der Waals surface area (Å²) in [5.41, 5.74) is 3.14. The number of alkyl halides is 6. The van der Waals surface area contributed by atoms with E-state index >= 15 is 0 Å². The van der Waals surface area contributed by atoms with E-state index < -0.39 is 23.5 Å². The van der Waals surface area contributed by atoms with Gasteiger partial charge in [0.2, 0.25) is 0 Å². The maximum Gasteiger partial charge on any atom is 0.416 e.